The quantitative estimate of drug-likeness (QED) is 0.109. The van der Waals surface area contributed by atoms with E-state index in [1.54, 1.807) is 0 Å². The topological polar surface area (TPSA) is 50.8 Å². The molecule has 114 heavy (non-hydrogen) atoms. The van der Waals surface area contributed by atoms with Crippen molar-refractivity contribution in [2.75, 3.05) is 9.80 Å². The highest BCUT2D eigenvalue weighted by Gasteiger charge is 2.22. The van der Waals surface area contributed by atoms with Crippen LogP contribution >= 0.6 is 0 Å². The van der Waals surface area contributed by atoms with E-state index in [4.69, 9.17) is 13.3 Å². The Morgan fingerprint density at radius 3 is 0.737 bits per heavy atom. The van der Waals surface area contributed by atoms with Gasteiger partial charge in [0.2, 0.25) is 0 Å². The van der Waals surface area contributed by atoms with Crippen LogP contribution in [-0.4, -0.2) is 4.57 Å². The van der Waals surface area contributed by atoms with Gasteiger partial charge in [0, 0.05) is 99.6 Å². The number of benzene rings is 18. The van der Waals surface area contributed by atoms with Gasteiger partial charge >= 0.3 is 0 Å². The third kappa shape index (κ3) is 12.2. The molecule has 0 aliphatic carbocycles. The van der Waals surface area contributed by atoms with E-state index in [-0.39, 0.29) is 0 Å². The molecular weight excluding hydrogens is 1390 g/mol. The van der Waals surface area contributed by atoms with Crippen molar-refractivity contribution in [1.82, 2.24) is 4.57 Å². The number of aromatic nitrogens is 1. The van der Waals surface area contributed by atoms with Gasteiger partial charge in [-0.15, -0.1) is 0 Å². The van der Waals surface area contributed by atoms with Crippen LogP contribution in [0.5, 0.6) is 0 Å². The van der Waals surface area contributed by atoms with Crippen molar-refractivity contribution in [2.45, 2.75) is 0 Å². The summed E-state index contributed by atoms with van der Waals surface area (Å²) in [6, 6.07) is 153. The monoisotopic (exact) mass is 1460 g/mol. The number of hydrogen-bond acceptors (Lipinski definition) is 5. The fourth-order valence-electron chi connectivity index (χ4n) is 16.7. The third-order valence-corrected chi connectivity index (χ3v) is 22.3. The van der Waals surface area contributed by atoms with Crippen molar-refractivity contribution >= 4 is 122 Å². The zero-order valence-corrected chi connectivity index (χ0v) is 62.1. The van der Waals surface area contributed by atoms with Gasteiger partial charge in [0.25, 0.3) is 0 Å². The summed E-state index contributed by atoms with van der Waals surface area (Å²) in [4.78, 5) is 4.65. The maximum atomic E-state index is 6.41. The summed E-state index contributed by atoms with van der Waals surface area (Å²) in [6.45, 7) is 0. The molecular formula is C108H71N3O3. The summed E-state index contributed by atoms with van der Waals surface area (Å²) in [6.07, 6.45) is 0. The van der Waals surface area contributed by atoms with Crippen LogP contribution in [0, 0.1) is 0 Å². The van der Waals surface area contributed by atoms with E-state index < -0.39 is 0 Å². The number of fused-ring (bicyclic) bond motifs is 12. The largest absolute Gasteiger partial charge is 0.455 e. The Kier molecular flexibility index (Phi) is 16.8. The molecule has 0 saturated carbocycles. The number of nitrogens with zero attached hydrogens (tertiary/aromatic N) is 3. The Balaban J connectivity index is 0.000000143. The summed E-state index contributed by atoms with van der Waals surface area (Å²) in [7, 11) is 0. The lowest BCUT2D eigenvalue weighted by Gasteiger charge is -2.26. The first-order valence-electron chi connectivity index (χ1n) is 38.7. The van der Waals surface area contributed by atoms with Crippen molar-refractivity contribution in [3.63, 3.8) is 0 Å². The average Bonchev–Trinajstić information content (AvgIpc) is 1.78. The second-order valence-electron chi connectivity index (χ2n) is 29.0. The SMILES string of the molecule is c1ccc(-c2ccc(-c3ccc(N(c4ccc(-c5cccc6c5oc5ccccc56)cc4)c4ccc(-c5cccc6c5oc5ccccc56)cc4)cc3)cc2)cc1.c1ccc(-c2ccc(N(c3ccc(-c4cccc(-n5c6ccccc6c6ccccc65)c4)cc3)c3ccc(-c4cccc5c4oc4ccccc45)cc3)cc2)cc1. The van der Waals surface area contributed by atoms with Gasteiger partial charge in [-0.2, -0.15) is 0 Å². The van der Waals surface area contributed by atoms with E-state index >= 15 is 0 Å². The van der Waals surface area contributed by atoms with Gasteiger partial charge < -0.3 is 27.6 Å². The van der Waals surface area contributed by atoms with E-state index in [1.165, 1.54) is 60.8 Å². The molecule has 0 aliphatic heterocycles. The molecule has 0 spiro atoms. The van der Waals surface area contributed by atoms with Gasteiger partial charge in [-0.3, -0.25) is 0 Å². The highest BCUT2D eigenvalue weighted by molar-refractivity contribution is 6.13. The average molecular weight is 1460 g/mol. The van der Waals surface area contributed by atoms with Crippen LogP contribution in [0.2, 0.25) is 0 Å². The Morgan fingerprint density at radius 1 is 0.167 bits per heavy atom. The third-order valence-electron chi connectivity index (χ3n) is 22.3. The molecule has 0 radical (unpaired) electrons. The fraction of sp³-hybridized carbons (Fsp3) is 0. The molecule has 6 nitrogen and oxygen atoms in total. The van der Waals surface area contributed by atoms with Crippen molar-refractivity contribution in [1.29, 1.82) is 0 Å². The lowest BCUT2D eigenvalue weighted by molar-refractivity contribution is 0.669. The van der Waals surface area contributed by atoms with E-state index in [0.717, 1.165) is 145 Å². The predicted molar refractivity (Wildman–Crippen MR) is 476 cm³/mol. The molecule has 0 unspecified atom stereocenters. The standard InChI is InChI=1S/C54H36N2O.C54H35NO2/c1-2-12-37(13-3-1)38-24-30-42(31-25-38)55(44-34-28-40(29-35-44)46-19-11-20-50-49-18-6-9-23-53(49)57-54(46)50)43-32-26-39(27-33-43)41-14-10-15-45(36-41)56-51-21-7-4-16-47(51)48-17-5-8-22-52(48)56;1-2-10-36(11-3-1)37-20-22-38(23-21-37)39-24-30-42(31-25-39)55(43-32-26-40(27-33-43)45-14-8-16-49-47-12-4-6-18-51(47)56-53(45)49)44-34-28-41(29-35-44)46-15-9-17-50-48-13-5-7-19-52(48)57-54(46)50/h1-36H;1-35H. The summed E-state index contributed by atoms with van der Waals surface area (Å²) >= 11 is 0. The second kappa shape index (κ2) is 28.6. The van der Waals surface area contributed by atoms with Gasteiger partial charge in [-0.1, -0.05) is 315 Å². The van der Waals surface area contributed by atoms with Crippen LogP contribution in [0.25, 0.3) is 171 Å². The maximum absolute atomic E-state index is 6.41. The zero-order valence-electron chi connectivity index (χ0n) is 62.1. The second-order valence-corrected chi connectivity index (χ2v) is 29.0. The molecule has 536 valence electrons. The first kappa shape index (κ1) is 66.9. The molecule has 0 fully saturated rings. The molecule has 0 atom stereocenters. The molecule has 22 aromatic rings. The minimum Gasteiger partial charge on any atom is -0.455 e. The highest BCUT2D eigenvalue weighted by Crippen LogP contribution is 2.45. The number of para-hydroxylation sites is 8. The van der Waals surface area contributed by atoms with Crippen molar-refractivity contribution in [3.8, 4) is 83.6 Å². The van der Waals surface area contributed by atoms with Crippen LogP contribution in [0.1, 0.15) is 0 Å². The first-order chi connectivity index (χ1) is 56.5. The van der Waals surface area contributed by atoms with Crippen LogP contribution in [0.15, 0.2) is 444 Å². The maximum Gasteiger partial charge on any atom is 0.143 e. The Bertz CT molecular complexity index is 7070. The predicted octanol–water partition coefficient (Wildman–Crippen LogP) is 30.8. The number of hydrogen-bond donors (Lipinski definition) is 0. The molecule has 0 amide bonds. The molecule has 0 bridgehead atoms. The Morgan fingerprint density at radius 2 is 0.404 bits per heavy atom. The van der Waals surface area contributed by atoms with Crippen LogP contribution in [0.3, 0.4) is 0 Å². The smallest absolute Gasteiger partial charge is 0.143 e. The molecule has 4 heterocycles. The number of rotatable bonds is 14. The van der Waals surface area contributed by atoms with Gasteiger partial charge in [-0.25, -0.2) is 0 Å². The molecule has 6 heteroatoms. The summed E-state index contributed by atoms with van der Waals surface area (Å²) in [5, 5.41) is 9.31. The lowest BCUT2D eigenvalue weighted by Crippen LogP contribution is -2.09. The number of furan rings is 3. The van der Waals surface area contributed by atoms with E-state index in [1.807, 2.05) is 36.4 Å². The minimum atomic E-state index is 0.901. The first-order valence-corrected chi connectivity index (χ1v) is 38.7. The Labute approximate surface area is 659 Å². The van der Waals surface area contributed by atoms with E-state index in [2.05, 4.69) is 409 Å². The molecule has 0 saturated heterocycles. The minimum absolute atomic E-state index is 0.901. The lowest BCUT2D eigenvalue weighted by atomic mass is 9.99. The Hall–Kier alpha value is -15.2. The molecule has 4 aromatic heterocycles. The fourth-order valence-corrected chi connectivity index (χ4v) is 16.7. The summed E-state index contributed by atoms with van der Waals surface area (Å²) in [5.41, 5.74) is 31.5. The van der Waals surface area contributed by atoms with E-state index in [0.29, 0.717) is 0 Å². The number of anilines is 6. The van der Waals surface area contributed by atoms with E-state index in [9.17, 15) is 0 Å². The normalized spacial score (nSPS) is 11.5. The zero-order chi connectivity index (χ0) is 75.4. The van der Waals surface area contributed by atoms with Crippen LogP contribution in [-0.2, 0) is 0 Å². The van der Waals surface area contributed by atoms with Crippen molar-refractivity contribution in [2.24, 2.45) is 0 Å². The summed E-state index contributed by atoms with van der Waals surface area (Å²) < 4.78 is 21.6. The molecule has 22 rings (SSSR count). The van der Waals surface area contributed by atoms with Gasteiger partial charge in [-0.05, 0) is 176 Å². The van der Waals surface area contributed by atoms with Crippen LogP contribution in [0.4, 0.5) is 34.1 Å². The van der Waals surface area contributed by atoms with Gasteiger partial charge in [0.1, 0.15) is 33.5 Å². The molecule has 0 aliphatic rings. The highest BCUT2D eigenvalue weighted by atomic mass is 16.3. The van der Waals surface area contributed by atoms with Crippen LogP contribution < -0.4 is 9.80 Å². The van der Waals surface area contributed by atoms with Crippen molar-refractivity contribution in [3.05, 3.63) is 431 Å². The van der Waals surface area contributed by atoms with Crippen molar-refractivity contribution < 1.29 is 13.3 Å². The van der Waals surface area contributed by atoms with Gasteiger partial charge in [0.15, 0.2) is 0 Å². The summed E-state index contributed by atoms with van der Waals surface area (Å²) in [5.74, 6) is 0. The molecule has 0 N–H and O–H groups in total. The molecule has 18 aromatic carbocycles. The van der Waals surface area contributed by atoms with Gasteiger partial charge in [0.05, 0.1) is 11.0 Å².